The molecule has 2 rings (SSSR count). The summed E-state index contributed by atoms with van der Waals surface area (Å²) in [6.45, 7) is 8.51. The Hall–Kier alpha value is -1.36. The second kappa shape index (κ2) is 5.52. The summed E-state index contributed by atoms with van der Waals surface area (Å²) in [5, 5.41) is 6.63. The normalized spacial score (nSPS) is 12.9. The van der Waals surface area contributed by atoms with Crippen molar-refractivity contribution in [3.63, 3.8) is 0 Å². The van der Waals surface area contributed by atoms with Crippen molar-refractivity contribution in [2.45, 2.75) is 46.2 Å². The molecule has 0 aliphatic heterocycles. The van der Waals surface area contributed by atoms with Crippen LogP contribution in [0, 0.1) is 6.92 Å². The van der Waals surface area contributed by atoms with Gasteiger partial charge in [-0.1, -0.05) is 6.92 Å². The van der Waals surface area contributed by atoms with E-state index < -0.39 is 0 Å². The Balaban J connectivity index is 2.22. The molecule has 5 heteroatoms. The molecule has 18 heavy (non-hydrogen) atoms. The maximum atomic E-state index is 4.56. The van der Waals surface area contributed by atoms with Gasteiger partial charge in [-0.05, 0) is 27.2 Å². The van der Waals surface area contributed by atoms with E-state index in [0.29, 0.717) is 6.04 Å². The van der Waals surface area contributed by atoms with Gasteiger partial charge >= 0.3 is 0 Å². The third kappa shape index (κ3) is 2.72. The van der Waals surface area contributed by atoms with Gasteiger partial charge in [0.1, 0.15) is 5.01 Å². The third-order valence-electron chi connectivity index (χ3n) is 2.87. The summed E-state index contributed by atoms with van der Waals surface area (Å²) >= 11 is 1.69. The van der Waals surface area contributed by atoms with Crippen LogP contribution in [0.3, 0.4) is 0 Å². The largest absolute Gasteiger partial charge is 0.346 e. The van der Waals surface area contributed by atoms with Gasteiger partial charge in [0, 0.05) is 23.8 Å². The Morgan fingerprint density at radius 2 is 2.22 bits per heavy atom. The molecule has 0 radical (unpaired) electrons. The molecule has 0 aliphatic rings. The lowest BCUT2D eigenvalue weighted by molar-refractivity contribution is 0.595. The maximum absolute atomic E-state index is 4.56. The number of aromatic nitrogens is 3. The Morgan fingerprint density at radius 1 is 1.44 bits per heavy atom. The molecule has 2 aromatic heterocycles. The highest BCUT2D eigenvalue weighted by molar-refractivity contribution is 7.09. The predicted octanol–water partition coefficient (Wildman–Crippen LogP) is 3.79. The van der Waals surface area contributed by atoms with E-state index in [9.17, 15) is 0 Å². The zero-order valence-corrected chi connectivity index (χ0v) is 12.2. The topological polar surface area (TPSA) is 42.7 Å². The van der Waals surface area contributed by atoms with Crippen molar-refractivity contribution in [3.8, 4) is 0 Å². The van der Waals surface area contributed by atoms with Crippen LogP contribution in [0.25, 0.3) is 0 Å². The second-order valence-corrected chi connectivity index (χ2v) is 5.61. The van der Waals surface area contributed by atoms with Crippen molar-refractivity contribution < 1.29 is 0 Å². The van der Waals surface area contributed by atoms with Crippen molar-refractivity contribution in [3.05, 3.63) is 28.5 Å². The first-order valence-corrected chi connectivity index (χ1v) is 7.21. The minimum Gasteiger partial charge on any atom is -0.346 e. The van der Waals surface area contributed by atoms with Gasteiger partial charge < -0.3 is 9.88 Å². The van der Waals surface area contributed by atoms with Gasteiger partial charge in [0.25, 0.3) is 0 Å². The summed E-state index contributed by atoms with van der Waals surface area (Å²) in [4.78, 5) is 8.94. The number of nitrogens with one attached hydrogen (secondary N) is 1. The Morgan fingerprint density at radius 3 is 2.78 bits per heavy atom. The van der Waals surface area contributed by atoms with Gasteiger partial charge in [-0.2, -0.15) is 0 Å². The molecule has 98 valence electrons. The van der Waals surface area contributed by atoms with Crippen LogP contribution in [0.15, 0.2) is 17.8 Å². The molecule has 1 unspecified atom stereocenters. The van der Waals surface area contributed by atoms with Gasteiger partial charge in [0.15, 0.2) is 0 Å². The number of nitrogens with zero attached hydrogens (tertiary/aromatic N) is 3. The van der Waals surface area contributed by atoms with E-state index in [1.54, 1.807) is 11.3 Å². The molecule has 0 saturated carbocycles. The monoisotopic (exact) mass is 264 g/mol. The van der Waals surface area contributed by atoms with Gasteiger partial charge in [-0.25, -0.2) is 9.97 Å². The molecule has 2 heterocycles. The Kier molecular flexibility index (Phi) is 4.01. The van der Waals surface area contributed by atoms with Crippen LogP contribution in [0.2, 0.25) is 0 Å². The zero-order valence-electron chi connectivity index (χ0n) is 11.3. The number of hydrogen-bond donors (Lipinski definition) is 1. The summed E-state index contributed by atoms with van der Waals surface area (Å²) in [7, 11) is 0. The Labute approximate surface area is 112 Å². The summed E-state index contributed by atoms with van der Waals surface area (Å²) in [5.74, 6) is 0.935. The lowest BCUT2D eigenvalue weighted by atomic mass is 10.2. The molecule has 1 N–H and O–H groups in total. The van der Waals surface area contributed by atoms with E-state index in [1.165, 1.54) is 0 Å². The fourth-order valence-electron chi connectivity index (χ4n) is 1.92. The molecule has 0 aromatic carbocycles. The standard InChI is InChI=1S/C13H20N4S/c1-5-11(12-14-6-7-18-12)16-13-15-10(4)8-17(13)9(2)3/h6-9,11H,5H2,1-4H3,(H,15,16). The SMILES string of the molecule is CCC(Nc1nc(C)cn1C(C)C)c1nccs1. The number of rotatable bonds is 5. The van der Waals surface area contributed by atoms with Crippen LogP contribution < -0.4 is 5.32 Å². The van der Waals surface area contributed by atoms with Crippen LogP contribution in [0.1, 0.15) is 50.0 Å². The summed E-state index contributed by atoms with van der Waals surface area (Å²) < 4.78 is 2.17. The predicted molar refractivity (Wildman–Crippen MR) is 76.1 cm³/mol. The minimum absolute atomic E-state index is 0.240. The van der Waals surface area contributed by atoms with Crippen molar-refractivity contribution in [1.29, 1.82) is 0 Å². The fraction of sp³-hybridized carbons (Fsp3) is 0.538. The second-order valence-electron chi connectivity index (χ2n) is 4.68. The molecule has 0 aliphatic carbocycles. The number of aryl methyl sites for hydroxylation is 1. The molecular weight excluding hydrogens is 244 g/mol. The summed E-state index contributed by atoms with van der Waals surface area (Å²) in [5.41, 5.74) is 1.04. The number of hydrogen-bond acceptors (Lipinski definition) is 4. The van der Waals surface area contributed by atoms with Gasteiger partial charge in [-0.15, -0.1) is 11.3 Å². The molecule has 2 aromatic rings. The minimum atomic E-state index is 0.240. The van der Waals surface area contributed by atoms with Crippen molar-refractivity contribution >= 4 is 17.3 Å². The lowest BCUT2D eigenvalue weighted by Crippen LogP contribution is -2.14. The van der Waals surface area contributed by atoms with Gasteiger partial charge in [0.05, 0.1) is 11.7 Å². The maximum Gasteiger partial charge on any atom is 0.203 e. The van der Waals surface area contributed by atoms with Crippen LogP contribution in [-0.4, -0.2) is 14.5 Å². The molecule has 0 bridgehead atoms. The van der Waals surface area contributed by atoms with Crippen molar-refractivity contribution in [2.24, 2.45) is 0 Å². The summed E-state index contributed by atoms with van der Waals surface area (Å²) in [6.07, 6.45) is 4.93. The van der Waals surface area contributed by atoms with Crippen LogP contribution in [0.5, 0.6) is 0 Å². The van der Waals surface area contributed by atoms with E-state index in [-0.39, 0.29) is 6.04 Å². The highest BCUT2D eigenvalue weighted by Crippen LogP contribution is 2.25. The number of anilines is 1. The van der Waals surface area contributed by atoms with E-state index in [1.807, 2.05) is 18.5 Å². The average molecular weight is 264 g/mol. The van der Waals surface area contributed by atoms with Crippen LogP contribution >= 0.6 is 11.3 Å². The first-order valence-electron chi connectivity index (χ1n) is 6.33. The summed E-state index contributed by atoms with van der Waals surface area (Å²) in [6, 6.07) is 0.645. The molecule has 4 nitrogen and oxygen atoms in total. The van der Waals surface area contributed by atoms with Crippen molar-refractivity contribution in [1.82, 2.24) is 14.5 Å². The van der Waals surface area contributed by atoms with E-state index in [2.05, 4.69) is 46.8 Å². The van der Waals surface area contributed by atoms with E-state index >= 15 is 0 Å². The van der Waals surface area contributed by atoms with Gasteiger partial charge in [-0.3, -0.25) is 0 Å². The molecule has 0 spiro atoms. The average Bonchev–Trinajstić information content (AvgIpc) is 2.94. The van der Waals surface area contributed by atoms with Gasteiger partial charge in [0.2, 0.25) is 5.95 Å². The number of thiazole rings is 1. The highest BCUT2D eigenvalue weighted by Gasteiger charge is 2.16. The highest BCUT2D eigenvalue weighted by atomic mass is 32.1. The fourth-order valence-corrected chi connectivity index (χ4v) is 2.69. The lowest BCUT2D eigenvalue weighted by Gasteiger charge is -2.18. The molecule has 0 fully saturated rings. The van der Waals surface area contributed by atoms with E-state index in [4.69, 9.17) is 0 Å². The van der Waals surface area contributed by atoms with Crippen LogP contribution in [0.4, 0.5) is 5.95 Å². The van der Waals surface area contributed by atoms with Crippen molar-refractivity contribution in [2.75, 3.05) is 5.32 Å². The first kappa shape index (κ1) is 13.1. The first-order chi connectivity index (χ1) is 8.61. The molecular formula is C13H20N4S. The van der Waals surface area contributed by atoms with E-state index in [0.717, 1.165) is 23.1 Å². The molecule has 0 amide bonds. The zero-order chi connectivity index (χ0) is 13.1. The Bertz CT molecular complexity index is 487. The van der Waals surface area contributed by atoms with Crippen LogP contribution in [-0.2, 0) is 0 Å². The molecule has 1 atom stereocenters. The quantitative estimate of drug-likeness (QED) is 0.893. The smallest absolute Gasteiger partial charge is 0.203 e. The molecule has 0 saturated heterocycles. The number of imidazole rings is 1. The third-order valence-corrected chi connectivity index (χ3v) is 3.76.